The van der Waals surface area contributed by atoms with E-state index in [-0.39, 0.29) is 17.4 Å². The maximum absolute atomic E-state index is 12.8. The molecule has 122 valence electrons. The lowest BCUT2D eigenvalue weighted by atomic mass is 9.54. The van der Waals surface area contributed by atoms with Gasteiger partial charge in [0.05, 0.1) is 12.7 Å². The van der Waals surface area contributed by atoms with Crippen molar-refractivity contribution in [1.29, 1.82) is 0 Å². The van der Waals surface area contributed by atoms with Gasteiger partial charge in [0.15, 0.2) is 0 Å². The number of rotatable bonds is 5. The van der Waals surface area contributed by atoms with Crippen molar-refractivity contribution in [1.82, 2.24) is 4.90 Å². The molecule has 2 fully saturated rings. The normalized spacial score (nSPS) is 35.1. The van der Waals surface area contributed by atoms with Gasteiger partial charge >= 0.3 is 0 Å². The van der Waals surface area contributed by atoms with Crippen molar-refractivity contribution in [3.8, 4) is 0 Å². The molecule has 3 unspecified atom stereocenters. The van der Waals surface area contributed by atoms with Crippen molar-refractivity contribution in [3.63, 3.8) is 0 Å². The van der Waals surface area contributed by atoms with Crippen molar-refractivity contribution < 1.29 is 14.3 Å². The third-order valence-electron chi connectivity index (χ3n) is 5.34. The lowest BCUT2D eigenvalue weighted by Gasteiger charge is -2.58. The number of amides is 1. The van der Waals surface area contributed by atoms with Crippen LogP contribution in [0.25, 0.3) is 0 Å². The van der Waals surface area contributed by atoms with Crippen LogP contribution in [0.4, 0.5) is 0 Å². The van der Waals surface area contributed by atoms with Crippen LogP contribution in [-0.4, -0.2) is 55.9 Å². The topological polar surface area (TPSA) is 64.8 Å². The fourth-order valence-corrected chi connectivity index (χ4v) is 3.56. The van der Waals surface area contributed by atoms with Gasteiger partial charge in [0.25, 0.3) is 0 Å². The molecule has 2 N–H and O–H groups in total. The van der Waals surface area contributed by atoms with Crippen LogP contribution in [0.3, 0.4) is 0 Å². The second-order valence-electron chi connectivity index (χ2n) is 7.11. The van der Waals surface area contributed by atoms with Gasteiger partial charge in [-0.3, -0.25) is 4.79 Å². The summed E-state index contributed by atoms with van der Waals surface area (Å²) in [5.74, 6) is 0.469. The lowest BCUT2D eigenvalue weighted by molar-refractivity contribution is -0.179. The molecule has 0 aromatic heterocycles. The first-order valence-corrected chi connectivity index (χ1v) is 8.06. The Labute approximate surface area is 128 Å². The lowest BCUT2D eigenvalue weighted by Crippen LogP contribution is -2.76. The number of nitrogens with zero attached hydrogens (tertiary/aromatic N) is 1. The van der Waals surface area contributed by atoms with E-state index in [0.717, 1.165) is 32.6 Å². The molecule has 3 atom stereocenters. The van der Waals surface area contributed by atoms with E-state index in [2.05, 4.69) is 0 Å². The van der Waals surface area contributed by atoms with Crippen LogP contribution in [0.15, 0.2) is 0 Å². The summed E-state index contributed by atoms with van der Waals surface area (Å²) in [6.45, 7) is 9.03. The monoisotopic (exact) mass is 298 g/mol. The minimum absolute atomic E-state index is 0.0361. The Balaban J connectivity index is 1.95. The highest BCUT2D eigenvalue weighted by Gasteiger charge is 2.63. The predicted molar refractivity (Wildman–Crippen MR) is 81.9 cm³/mol. The van der Waals surface area contributed by atoms with E-state index >= 15 is 0 Å². The molecule has 1 aliphatic carbocycles. The summed E-state index contributed by atoms with van der Waals surface area (Å²) in [6.07, 6.45) is 2.89. The van der Waals surface area contributed by atoms with E-state index in [1.807, 2.05) is 27.8 Å². The highest BCUT2D eigenvalue weighted by molar-refractivity contribution is 5.88. The fourth-order valence-electron chi connectivity index (χ4n) is 3.56. The van der Waals surface area contributed by atoms with Gasteiger partial charge in [0.2, 0.25) is 5.91 Å². The zero-order chi connectivity index (χ0) is 15.7. The van der Waals surface area contributed by atoms with Gasteiger partial charge in [-0.1, -0.05) is 13.8 Å². The first kappa shape index (κ1) is 16.7. The van der Waals surface area contributed by atoms with Crippen molar-refractivity contribution >= 4 is 5.91 Å². The molecule has 2 aliphatic rings. The highest BCUT2D eigenvalue weighted by atomic mass is 16.5. The van der Waals surface area contributed by atoms with Crippen LogP contribution >= 0.6 is 0 Å². The average molecular weight is 298 g/mol. The van der Waals surface area contributed by atoms with Crippen LogP contribution in [-0.2, 0) is 14.3 Å². The van der Waals surface area contributed by atoms with Gasteiger partial charge < -0.3 is 20.1 Å². The van der Waals surface area contributed by atoms with E-state index in [0.29, 0.717) is 18.9 Å². The van der Waals surface area contributed by atoms with Gasteiger partial charge in [-0.25, -0.2) is 0 Å². The molecule has 5 nitrogen and oxygen atoms in total. The van der Waals surface area contributed by atoms with Crippen LogP contribution < -0.4 is 5.73 Å². The van der Waals surface area contributed by atoms with E-state index in [1.54, 1.807) is 4.90 Å². The van der Waals surface area contributed by atoms with Crippen molar-refractivity contribution in [3.05, 3.63) is 0 Å². The fraction of sp³-hybridized carbons (Fsp3) is 0.938. The van der Waals surface area contributed by atoms with Gasteiger partial charge in [-0.05, 0) is 25.7 Å². The smallest absolute Gasteiger partial charge is 0.243 e. The predicted octanol–water partition coefficient (Wildman–Crippen LogP) is 1.40. The van der Waals surface area contributed by atoms with Crippen LogP contribution in [0.1, 0.15) is 40.0 Å². The molecule has 0 radical (unpaired) electrons. The highest BCUT2D eigenvalue weighted by Crippen LogP contribution is 2.50. The third kappa shape index (κ3) is 2.96. The minimum Gasteiger partial charge on any atom is -0.381 e. The Kier molecular flexibility index (Phi) is 4.96. The first-order valence-electron chi connectivity index (χ1n) is 8.06. The van der Waals surface area contributed by atoms with E-state index < -0.39 is 5.54 Å². The second-order valence-corrected chi connectivity index (χ2v) is 7.11. The summed E-state index contributed by atoms with van der Waals surface area (Å²) in [5, 5.41) is 0. The molecule has 1 saturated heterocycles. The van der Waals surface area contributed by atoms with Gasteiger partial charge in [-0.2, -0.15) is 0 Å². The Morgan fingerprint density at radius 3 is 2.71 bits per heavy atom. The quantitative estimate of drug-likeness (QED) is 0.833. The Bertz CT molecular complexity index is 380. The minimum atomic E-state index is -0.808. The second kappa shape index (κ2) is 6.23. The molecule has 21 heavy (non-hydrogen) atoms. The standard InChI is InChI=1S/C16H30N2O3/c1-5-21-13-9-16(17,15(13,2)3)14(19)18(4)10-12-7-6-8-20-11-12/h12-13H,5-11,17H2,1-4H3. The Hall–Kier alpha value is -0.650. The van der Waals surface area contributed by atoms with Crippen LogP contribution in [0.2, 0.25) is 0 Å². The summed E-state index contributed by atoms with van der Waals surface area (Å²) >= 11 is 0. The summed E-state index contributed by atoms with van der Waals surface area (Å²) in [4.78, 5) is 14.6. The van der Waals surface area contributed by atoms with E-state index in [4.69, 9.17) is 15.2 Å². The zero-order valence-corrected chi connectivity index (χ0v) is 13.9. The number of hydrogen-bond donors (Lipinski definition) is 1. The maximum atomic E-state index is 12.8. The number of ether oxygens (including phenoxy) is 2. The maximum Gasteiger partial charge on any atom is 0.243 e. The Morgan fingerprint density at radius 2 is 2.19 bits per heavy atom. The largest absolute Gasteiger partial charge is 0.381 e. The molecule has 2 rings (SSSR count). The molecule has 5 heteroatoms. The van der Waals surface area contributed by atoms with E-state index in [1.165, 1.54) is 0 Å². The molecule has 1 aliphatic heterocycles. The van der Waals surface area contributed by atoms with Crippen LogP contribution in [0.5, 0.6) is 0 Å². The number of nitrogens with two attached hydrogens (primary N) is 1. The average Bonchev–Trinajstić information content (AvgIpc) is 2.47. The van der Waals surface area contributed by atoms with E-state index in [9.17, 15) is 4.79 Å². The summed E-state index contributed by atoms with van der Waals surface area (Å²) in [7, 11) is 1.86. The molecule has 0 bridgehead atoms. The molecule has 1 amide bonds. The Morgan fingerprint density at radius 1 is 1.48 bits per heavy atom. The number of likely N-dealkylation sites (N-methyl/N-ethyl adjacent to an activating group) is 1. The third-order valence-corrected chi connectivity index (χ3v) is 5.34. The van der Waals surface area contributed by atoms with Crippen molar-refractivity contribution in [2.75, 3.05) is 33.4 Å². The van der Waals surface area contributed by atoms with Crippen molar-refractivity contribution in [2.24, 2.45) is 17.1 Å². The molecule has 1 heterocycles. The molecule has 0 spiro atoms. The molecule has 1 saturated carbocycles. The number of hydrogen-bond acceptors (Lipinski definition) is 4. The SMILES string of the molecule is CCOC1CC(N)(C(=O)N(C)CC2CCCOC2)C1(C)C. The zero-order valence-electron chi connectivity index (χ0n) is 13.9. The number of carbonyl (C=O) groups excluding carboxylic acids is 1. The summed E-state index contributed by atoms with van der Waals surface area (Å²) < 4.78 is 11.2. The van der Waals surface area contributed by atoms with Crippen molar-refractivity contribution in [2.45, 2.75) is 51.7 Å². The molecule has 0 aromatic rings. The molecular weight excluding hydrogens is 268 g/mol. The first-order chi connectivity index (χ1) is 9.83. The van der Waals surface area contributed by atoms with Gasteiger partial charge in [0, 0.05) is 38.6 Å². The number of carbonyl (C=O) groups is 1. The van der Waals surface area contributed by atoms with Crippen LogP contribution in [0, 0.1) is 11.3 Å². The van der Waals surface area contributed by atoms with Gasteiger partial charge in [0.1, 0.15) is 5.54 Å². The summed E-state index contributed by atoms with van der Waals surface area (Å²) in [5.41, 5.74) is 5.32. The van der Waals surface area contributed by atoms with Gasteiger partial charge in [-0.15, -0.1) is 0 Å². The molecule has 0 aromatic carbocycles. The molecular formula is C16H30N2O3. The summed E-state index contributed by atoms with van der Waals surface area (Å²) in [6, 6.07) is 0.